The van der Waals surface area contributed by atoms with Crippen LogP contribution >= 0.6 is 23.2 Å². The lowest BCUT2D eigenvalue weighted by atomic mass is 9.85. The van der Waals surface area contributed by atoms with Gasteiger partial charge in [0.2, 0.25) is 0 Å². The molecule has 4 aromatic rings. The zero-order valence-electron chi connectivity index (χ0n) is 41.0. The summed E-state index contributed by atoms with van der Waals surface area (Å²) in [5, 5.41) is 5.89. The van der Waals surface area contributed by atoms with Crippen molar-refractivity contribution in [1.82, 2.24) is 8.61 Å². The van der Waals surface area contributed by atoms with Crippen LogP contribution in [0.25, 0.3) is 0 Å². The van der Waals surface area contributed by atoms with E-state index >= 15 is 0 Å². The van der Waals surface area contributed by atoms with E-state index in [1.165, 1.54) is 50.2 Å². The third-order valence-electron chi connectivity index (χ3n) is 13.3. The van der Waals surface area contributed by atoms with Crippen LogP contribution in [0.3, 0.4) is 0 Å². The van der Waals surface area contributed by atoms with Crippen LogP contribution in [0.5, 0.6) is 0 Å². The minimum Gasteiger partial charge on any atom is -0.374 e. The SMILES string of the molecule is Cc1cc(C2=NO[C@@](c3cc(Cl)cc(C(F)(F)F)c3)(C(F)(F)F)C2)ccc1C(=O)CC1CN(S(=O)(=O)F)C1.Cc1cc(C2=NO[C@@](c3cc(Cl)cc(C(F)(F)F)c3)(C(F)(F)F)C2)ccc1C(=O)CC1CN(S(=O)(=O)OCC(F)(F)F)C1. The molecule has 4 aromatic carbocycles. The molecule has 4 heterocycles. The molecule has 2 saturated heterocycles. The van der Waals surface area contributed by atoms with Crippen molar-refractivity contribution in [2.75, 3.05) is 32.8 Å². The molecule has 0 spiro atoms. The fourth-order valence-electron chi connectivity index (χ4n) is 9.03. The van der Waals surface area contributed by atoms with Gasteiger partial charge in [0.15, 0.2) is 18.2 Å². The lowest BCUT2D eigenvalue weighted by Gasteiger charge is -2.37. The number of benzene rings is 4. The van der Waals surface area contributed by atoms with E-state index in [-0.39, 0.29) is 84.4 Å². The van der Waals surface area contributed by atoms with E-state index in [2.05, 4.69) is 14.5 Å². The van der Waals surface area contributed by atoms with Gasteiger partial charge in [-0.15, -0.1) is 0 Å². The molecule has 0 saturated carbocycles. The second kappa shape index (κ2) is 22.2. The number of aryl methyl sites for hydroxylation is 2. The largest absolute Gasteiger partial charge is 0.435 e. The van der Waals surface area contributed by atoms with E-state index in [9.17, 15) is 96.2 Å². The van der Waals surface area contributed by atoms with E-state index < -0.39 is 126 Å². The maximum atomic E-state index is 14.3. The molecule has 2 atom stereocenters. The highest BCUT2D eigenvalue weighted by Crippen LogP contribution is 2.52. The highest BCUT2D eigenvalue weighted by molar-refractivity contribution is 7.84. The van der Waals surface area contributed by atoms with Crippen molar-refractivity contribution in [2.24, 2.45) is 22.1 Å². The van der Waals surface area contributed by atoms with Crippen LogP contribution in [0.2, 0.25) is 10.0 Å². The van der Waals surface area contributed by atoms with Gasteiger partial charge in [-0.25, -0.2) is 4.18 Å². The number of oxime groups is 2. The van der Waals surface area contributed by atoms with Gasteiger partial charge in [0.1, 0.15) is 0 Å². The number of carbonyl (C=O) groups excluding carboxylic acids is 2. The van der Waals surface area contributed by atoms with Gasteiger partial charge < -0.3 is 9.68 Å². The molecule has 13 nitrogen and oxygen atoms in total. The molecule has 0 radical (unpaired) electrons. The van der Waals surface area contributed by atoms with E-state index in [0.717, 1.165) is 6.07 Å². The number of nitrogens with zero attached hydrogens (tertiary/aromatic N) is 4. The summed E-state index contributed by atoms with van der Waals surface area (Å²) in [5.74, 6) is -1.74. The summed E-state index contributed by atoms with van der Waals surface area (Å²) in [5.41, 5.74) is -10.2. The van der Waals surface area contributed by atoms with Crippen LogP contribution < -0.4 is 0 Å². The Morgan fingerprint density at radius 3 is 1.28 bits per heavy atom. The van der Waals surface area contributed by atoms with Crippen molar-refractivity contribution in [3.63, 3.8) is 0 Å². The molecule has 4 aliphatic heterocycles. The Morgan fingerprint density at radius 2 is 0.963 bits per heavy atom. The number of rotatable bonds is 14. The molecule has 81 heavy (non-hydrogen) atoms. The Hall–Kier alpha value is -5.60. The molecule has 8 rings (SSSR count). The third kappa shape index (κ3) is 13.9. The van der Waals surface area contributed by atoms with Gasteiger partial charge in [0, 0.05) is 84.2 Å². The summed E-state index contributed by atoms with van der Waals surface area (Å²) >= 11 is 11.4. The minimum absolute atomic E-state index is 0.0657. The van der Waals surface area contributed by atoms with Crippen molar-refractivity contribution in [1.29, 1.82) is 0 Å². The summed E-state index contributed by atoms with van der Waals surface area (Å²) in [6.45, 7) is 0.209. The molecule has 4 aliphatic rings. The van der Waals surface area contributed by atoms with E-state index in [4.69, 9.17) is 32.9 Å². The van der Waals surface area contributed by atoms with Crippen LogP contribution in [-0.4, -0.2) is 99.8 Å². The second-order valence-corrected chi connectivity index (χ2v) is 23.0. The van der Waals surface area contributed by atoms with Crippen molar-refractivity contribution >= 4 is 66.9 Å². The maximum absolute atomic E-state index is 14.3. The molecular weight excluding hydrogens is 1220 g/mol. The Morgan fingerprint density at radius 1 is 0.593 bits per heavy atom. The molecule has 0 N–H and O–H groups in total. The van der Waals surface area contributed by atoms with E-state index in [1.54, 1.807) is 0 Å². The first-order valence-corrected chi connectivity index (χ1v) is 26.6. The zero-order chi connectivity index (χ0) is 60.4. The first-order chi connectivity index (χ1) is 37.0. The van der Waals surface area contributed by atoms with Crippen LogP contribution in [-0.2, 0) is 58.1 Å². The number of halogens is 18. The highest BCUT2D eigenvalue weighted by atomic mass is 35.5. The summed E-state index contributed by atoms with van der Waals surface area (Å²) in [6, 6.07) is 11.0. The fourth-order valence-corrected chi connectivity index (χ4v) is 11.5. The van der Waals surface area contributed by atoms with Gasteiger partial charge in [-0.05, 0) is 96.5 Å². The van der Waals surface area contributed by atoms with Gasteiger partial charge >= 0.3 is 51.6 Å². The summed E-state index contributed by atoms with van der Waals surface area (Å²) in [6.07, 6.45) is -27.4. The fraction of sp³-hybridized carbons (Fsp3) is 0.417. The first kappa shape index (κ1) is 63.0. The maximum Gasteiger partial charge on any atom is 0.435 e. The molecule has 2 fully saturated rings. The van der Waals surface area contributed by atoms with Crippen LogP contribution in [0.4, 0.5) is 69.7 Å². The second-order valence-electron chi connectivity index (χ2n) is 19.2. The van der Waals surface area contributed by atoms with Crippen LogP contribution in [0.15, 0.2) is 83.1 Å². The number of alkyl halides is 15. The Kier molecular flexibility index (Phi) is 17.3. The van der Waals surface area contributed by atoms with Crippen molar-refractivity contribution in [3.05, 3.63) is 138 Å². The molecule has 0 aliphatic carbocycles. The quantitative estimate of drug-likeness (QED) is 0.0680. The number of hydrogen-bond donors (Lipinski definition) is 0. The van der Waals surface area contributed by atoms with Gasteiger partial charge in [0.05, 0.1) is 22.6 Å². The first-order valence-electron chi connectivity index (χ1n) is 23.1. The standard InChI is InChI=1S/C25H20ClF9N2O5S.C23H18ClF7N2O4S/c1-13-4-15(2-3-19(13)21(38)5-14-10-37(11-14)43(39,40)41-12-23(27,28)29)20-9-22(42-36-20,25(33,34)35)16-6-17(24(30,31)32)8-18(26)7-16;1-12-4-14(2-3-18(12)20(34)5-13-10-33(11-13)38(31,35)36)19-9-21(37-32-19,23(28,29)30)15-6-16(22(25,26)27)8-17(24)7-15/h2-4,6-8,14H,5,9-12H2,1H3;2-4,6-8,13H,5,9-11H2,1H3/t22-;21-/m00/s1. The average Bonchev–Trinajstić information content (AvgIpc) is 3.98. The van der Waals surface area contributed by atoms with E-state index in [1.807, 2.05) is 0 Å². The van der Waals surface area contributed by atoms with Crippen LogP contribution in [0.1, 0.15) is 90.9 Å². The van der Waals surface area contributed by atoms with Gasteiger partial charge in [-0.3, -0.25) is 9.59 Å². The Labute approximate surface area is 459 Å². The summed E-state index contributed by atoms with van der Waals surface area (Å²) in [7, 11) is -9.45. The molecule has 33 heteroatoms. The number of carbonyl (C=O) groups is 2. The minimum atomic E-state index is -5.21. The predicted octanol–water partition coefficient (Wildman–Crippen LogP) is 12.5. The predicted molar refractivity (Wildman–Crippen MR) is 254 cm³/mol. The molecule has 442 valence electrons. The molecule has 0 bridgehead atoms. The Bertz CT molecular complexity index is 3420. The van der Waals surface area contributed by atoms with Gasteiger partial charge in [-0.2, -0.15) is 91.3 Å². The van der Waals surface area contributed by atoms with Gasteiger partial charge in [0.25, 0.3) is 11.2 Å². The summed E-state index contributed by atoms with van der Waals surface area (Å²) in [4.78, 5) is 35.1. The summed E-state index contributed by atoms with van der Waals surface area (Å²) < 4.78 is 265. The third-order valence-corrected chi connectivity index (χ3v) is 16.0. The van der Waals surface area contributed by atoms with Crippen LogP contribution in [0, 0.1) is 25.7 Å². The van der Waals surface area contributed by atoms with Crippen molar-refractivity contribution < 1.29 is 110 Å². The lowest BCUT2D eigenvalue weighted by Crippen LogP contribution is -2.51. The van der Waals surface area contributed by atoms with Crippen molar-refractivity contribution in [2.45, 2.75) is 81.6 Å². The smallest absolute Gasteiger partial charge is 0.374 e. The lowest BCUT2D eigenvalue weighted by molar-refractivity contribution is -0.276. The van der Waals surface area contributed by atoms with E-state index in [0.29, 0.717) is 50.1 Å². The molecule has 0 unspecified atom stereocenters. The van der Waals surface area contributed by atoms with Crippen molar-refractivity contribution in [3.8, 4) is 0 Å². The highest BCUT2D eigenvalue weighted by Gasteiger charge is 2.64. The molecule has 0 amide bonds. The van der Waals surface area contributed by atoms with Gasteiger partial charge in [-0.1, -0.05) is 61.7 Å². The number of Topliss-reactive ketones (excluding diaryl/α,β-unsaturated/α-hetero) is 2. The number of hydrogen-bond acceptors (Lipinski definition) is 11. The molecular formula is C48H38Cl2F16N4O9S2. The average molecular weight is 1250 g/mol. The number of ketones is 2. The Balaban J connectivity index is 0.000000235. The topological polar surface area (TPSA) is 161 Å². The zero-order valence-corrected chi connectivity index (χ0v) is 44.2. The normalized spacial score (nSPS) is 20.8. The monoisotopic (exact) mass is 1250 g/mol. The molecule has 0 aromatic heterocycles.